The summed E-state index contributed by atoms with van der Waals surface area (Å²) in [6.45, 7) is 0.287. The van der Waals surface area contributed by atoms with Crippen molar-refractivity contribution < 1.29 is 18.0 Å². The Kier molecular flexibility index (Phi) is 5.94. The number of thiol groups is 1. The summed E-state index contributed by atoms with van der Waals surface area (Å²) >= 11 is 3.69. The monoisotopic (exact) mass is 215 g/mol. The van der Waals surface area contributed by atoms with E-state index in [9.17, 15) is 18.0 Å². The molecule has 0 rings (SSSR count). The standard InChI is InChI=1S/C7H12F3NOS/c8-7(9,10)3-1-2-4-11-6(12)5-13/h13H,1-5H2,(H,11,12). The van der Waals surface area contributed by atoms with Crippen molar-refractivity contribution in [1.29, 1.82) is 0 Å². The fraction of sp³-hybridized carbons (Fsp3) is 0.857. The van der Waals surface area contributed by atoms with Gasteiger partial charge >= 0.3 is 6.18 Å². The van der Waals surface area contributed by atoms with Crippen molar-refractivity contribution in [1.82, 2.24) is 5.32 Å². The normalized spacial score (nSPS) is 11.4. The number of carbonyl (C=O) groups is 1. The van der Waals surface area contributed by atoms with E-state index in [0.717, 1.165) is 0 Å². The molecule has 13 heavy (non-hydrogen) atoms. The van der Waals surface area contributed by atoms with Gasteiger partial charge in [-0.2, -0.15) is 25.8 Å². The minimum absolute atomic E-state index is 0.0519. The molecule has 0 saturated heterocycles. The van der Waals surface area contributed by atoms with E-state index in [0.29, 0.717) is 6.42 Å². The van der Waals surface area contributed by atoms with E-state index in [2.05, 4.69) is 17.9 Å². The van der Waals surface area contributed by atoms with Crippen molar-refractivity contribution in [2.75, 3.05) is 12.3 Å². The lowest BCUT2D eigenvalue weighted by Crippen LogP contribution is -2.25. The SMILES string of the molecule is O=C(CS)NCCCCC(F)(F)F. The van der Waals surface area contributed by atoms with Crippen LogP contribution in [-0.4, -0.2) is 24.4 Å². The quantitative estimate of drug-likeness (QED) is 0.531. The molecule has 0 unspecified atom stereocenters. The molecule has 0 aromatic heterocycles. The smallest absolute Gasteiger partial charge is 0.355 e. The molecule has 6 heteroatoms. The Labute approximate surface area is 80.3 Å². The first-order chi connectivity index (χ1) is 5.95. The van der Waals surface area contributed by atoms with E-state index >= 15 is 0 Å². The average Bonchev–Trinajstić information content (AvgIpc) is 2.01. The average molecular weight is 215 g/mol. The van der Waals surface area contributed by atoms with Gasteiger partial charge in [0.15, 0.2) is 0 Å². The highest BCUT2D eigenvalue weighted by atomic mass is 32.1. The molecular weight excluding hydrogens is 203 g/mol. The van der Waals surface area contributed by atoms with Gasteiger partial charge in [-0.25, -0.2) is 0 Å². The van der Waals surface area contributed by atoms with Gasteiger partial charge in [0.25, 0.3) is 0 Å². The van der Waals surface area contributed by atoms with Crippen LogP contribution in [0, 0.1) is 0 Å². The molecule has 78 valence electrons. The number of amides is 1. The first kappa shape index (κ1) is 12.6. The second-order valence-corrected chi connectivity index (χ2v) is 2.90. The topological polar surface area (TPSA) is 29.1 Å². The van der Waals surface area contributed by atoms with Crippen LogP contribution in [0.2, 0.25) is 0 Å². The van der Waals surface area contributed by atoms with Gasteiger partial charge in [0, 0.05) is 13.0 Å². The number of unbranched alkanes of at least 4 members (excludes halogenated alkanes) is 1. The molecule has 0 heterocycles. The molecule has 0 aliphatic heterocycles. The van der Waals surface area contributed by atoms with Gasteiger partial charge in [-0.1, -0.05) is 0 Å². The lowest BCUT2D eigenvalue weighted by Gasteiger charge is -2.06. The third-order valence-corrected chi connectivity index (χ3v) is 1.64. The minimum atomic E-state index is -4.09. The summed E-state index contributed by atoms with van der Waals surface area (Å²) in [7, 11) is 0. The second-order valence-electron chi connectivity index (χ2n) is 2.58. The van der Waals surface area contributed by atoms with E-state index in [1.807, 2.05) is 0 Å². The predicted octanol–water partition coefficient (Wildman–Crippen LogP) is 1.77. The summed E-state index contributed by atoms with van der Waals surface area (Å²) < 4.78 is 34.8. The van der Waals surface area contributed by atoms with Gasteiger partial charge in [0.05, 0.1) is 5.75 Å². The third kappa shape index (κ3) is 9.52. The van der Waals surface area contributed by atoms with E-state index in [-0.39, 0.29) is 24.6 Å². The van der Waals surface area contributed by atoms with E-state index in [4.69, 9.17) is 0 Å². The summed E-state index contributed by atoms with van der Waals surface area (Å²) in [4.78, 5) is 10.6. The first-order valence-corrected chi connectivity index (χ1v) is 4.53. The highest BCUT2D eigenvalue weighted by Crippen LogP contribution is 2.21. The summed E-state index contributed by atoms with van der Waals surface area (Å²) in [5, 5.41) is 2.44. The Morgan fingerprint density at radius 1 is 1.31 bits per heavy atom. The van der Waals surface area contributed by atoms with Gasteiger partial charge in [-0.15, -0.1) is 0 Å². The van der Waals surface area contributed by atoms with Gasteiger partial charge in [0.1, 0.15) is 0 Å². The molecule has 1 amide bonds. The van der Waals surface area contributed by atoms with Crippen LogP contribution in [0.5, 0.6) is 0 Å². The van der Waals surface area contributed by atoms with Crippen LogP contribution in [0.4, 0.5) is 13.2 Å². The Bertz CT molecular complexity index is 160. The zero-order valence-corrected chi connectivity index (χ0v) is 7.92. The fourth-order valence-corrected chi connectivity index (χ4v) is 0.846. The van der Waals surface area contributed by atoms with Crippen LogP contribution < -0.4 is 5.32 Å². The number of halogens is 3. The third-order valence-electron chi connectivity index (χ3n) is 1.35. The Morgan fingerprint density at radius 3 is 2.38 bits per heavy atom. The summed E-state index contributed by atoms with van der Waals surface area (Å²) in [6, 6.07) is 0. The first-order valence-electron chi connectivity index (χ1n) is 3.90. The van der Waals surface area contributed by atoms with Crippen LogP contribution in [-0.2, 0) is 4.79 Å². The molecule has 0 bridgehead atoms. The van der Waals surface area contributed by atoms with Gasteiger partial charge in [-0.05, 0) is 12.8 Å². The van der Waals surface area contributed by atoms with Crippen LogP contribution in [0.15, 0.2) is 0 Å². The predicted molar refractivity (Wildman–Crippen MR) is 46.8 cm³/mol. The molecule has 0 fully saturated rings. The second kappa shape index (κ2) is 6.12. The molecule has 2 nitrogen and oxygen atoms in total. The highest BCUT2D eigenvalue weighted by Gasteiger charge is 2.25. The number of hydrogen-bond donors (Lipinski definition) is 2. The van der Waals surface area contributed by atoms with E-state index in [1.165, 1.54) is 0 Å². The van der Waals surface area contributed by atoms with Gasteiger partial charge in [0.2, 0.25) is 5.91 Å². The fourth-order valence-electron chi connectivity index (χ4n) is 0.734. The van der Waals surface area contributed by atoms with E-state index in [1.54, 1.807) is 0 Å². The van der Waals surface area contributed by atoms with Crippen molar-refractivity contribution in [3.05, 3.63) is 0 Å². The van der Waals surface area contributed by atoms with Crippen LogP contribution in [0.1, 0.15) is 19.3 Å². The number of hydrogen-bond acceptors (Lipinski definition) is 2. The zero-order chi connectivity index (χ0) is 10.3. The summed E-state index contributed by atoms with van der Waals surface area (Å²) in [5.41, 5.74) is 0. The van der Waals surface area contributed by atoms with Crippen LogP contribution >= 0.6 is 12.6 Å². The molecule has 0 saturated carbocycles. The summed E-state index contributed by atoms with van der Waals surface area (Å²) in [6.07, 6.45) is -4.48. The molecule has 0 aromatic rings. The van der Waals surface area contributed by atoms with Crippen LogP contribution in [0.3, 0.4) is 0 Å². The molecule has 0 aromatic carbocycles. The Morgan fingerprint density at radius 2 is 1.92 bits per heavy atom. The molecule has 0 atom stereocenters. The minimum Gasteiger partial charge on any atom is -0.355 e. The zero-order valence-electron chi connectivity index (χ0n) is 7.02. The lowest BCUT2D eigenvalue weighted by molar-refractivity contribution is -0.135. The Hall–Kier alpha value is -0.390. The van der Waals surface area contributed by atoms with Gasteiger partial charge in [-0.3, -0.25) is 4.79 Å². The number of nitrogens with one attached hydrogen (secondary N) is 1. The van der Waals surface area contributed by atoms with Crippen molar-refractivity contribution in [2.24, 2.45) is 0 Å². The number of rotatable bonds is 5. The van der Waals surface area contributed by atoms with Crippen molar-refractivity contribution in [3.63, 3.8) is 0 Å². The molecule has 0 radical (unpaired) electrons. The largest absolute Gasteiger partial charge is 0.389 e. The number of alkyl halides is 3. The molecule has 0 aliphatic rings. The molecule has 0 aliphatic carbocycles. The highest BCUT2D eigenvalue weighted by molar-refractivity contribution is 7.81. The van der Waals surface area contributed by atoms with Gasteiger partial charge < -0.3 is 5.32 Å². The van der Waals surface area contributed by atoms with Crippen molar-refractivity contribution in [3.8, 4) is 0 Å². The lowest BCUT2D eigenvalue weighted by atomic mass is 10.2. The van der Waals surface area contributed by atoms with E-state index < -0.39 is 12.6 Å². The van der Waals surface area contributed by atoms with Crippen molar-refractivity contribution in [2.45, 2.75) is 25.4 Å². The van der Waals surface area contributed by atoms with Crippen molar-refractivity contribution >= 4 is 18.5 Å². The summed E-state index contributed by atoms with van der Waals surface area (Å²) in [5.74, 6) is -0.186. The van der Waals surface area contributed by atoms with Crippen LogP contribution in [0.25, 0.3) is 0 Å². The maximum Gasteiger partial charge on any atom is 0.389 e. The molecule has 0 spiro atoms. The molecule has 1 N–H and O–H groups in total. The maximum absolute atomic E-state index is 11.6. The molecular formula is C7H12F3NOS. The number of carbonyl (C=O) groups excluding carboxylic acids is 1. The Balaban J connectivity index is 3.22. The maximum atomic E-state index is 11.6.